The fourth-order valence-electron chi connectivity index (χ4n) is 1.79. The number of hydrogen-bond donors (Lipinski definition) is 3. The standard InChI is InChI=1S/C11H21N5O2/c1-2-3-9(4-5-17)6-13-10(18)7-16-8-14-11(12)15-16/h8-9,17H,2-7H2,1H3,(H2,12,15)(H,13,18). The first kappa shape index (κ1) is 14.4. The van der Waals surface area contributed by atoms with Gasteiger partial charge in [-0.2, -0.15) is 0 Å². The van der Waals surface area contributed by atoms with Gasteiger partial charge in [-0.25, -0.2) is 9.67 Å². The van der Waals surface area contributed by atoms with Gasteiger partial charge >= 0.3 is 0 Å². The Morgan fingerprint density at radius 2 is 2.39 bits per heavy atom. The molecule has 1 aromatic heterocycles. The highest BCUT2D eigenvalue weighted by molar-refractivity contribution is 5.75. The minimum absolute atomic E-state index is 0.113. The first-order valence-corrected chi connectivity index (χ1v) is 6.18. The summed E-state index contributed by atoms with van der Waals surface area (Å²) in [4.78, 5) is 15.4. The van der Waals surface area contributed by atoms with Gasteiger partial charge in [0, 0.05) is 13.2 Å². The molecule has 0 radical (unpaired) electrons. The van der Waals surface area contributed by atoms with Gasteiger partial charge in [-0.3, -0.25) is 4.79 Å². The Hall–Kier alpha value is -1.63. The highest BCUT2D eigenvalue weighted by atomic mass is 16.3. The Labute approximate surface area is 106 Å². The number of hydrogen-bond acceptors (Lipinski definition) is 5. The molecule has 4 N–H and O–H groups in total. The van der Waals surface area contributed by atoms with Crippen molar-refractivity contribution in [1.29, 1.82) is 0 Å². The number of nitrogens with one attached hydrogen (secondary N) is 1. The quantitative estimate of drug-likeness (QED) is 0.595. The first-order valence-electron chi connectivity index (χ1n) is 6.18. The van der Waals surface area contributed by atoms with Gasteiger partial charge in [0.05, 0.1) is 0 Å². The first-order chi connectivity index (χ1) is 8.65. The van der Waals surface area contributed by atoms with Crippen LogP contribution in [-0.4, -0.2) is 38.9 Å². The van der Waals surface area contributed by atoms with Crippen molar-refractivity contribution in [2.24, 2.45) is 5.92 Å². The molecule has 1 aromatic rings. The molecule has 1 unspecified atom stereocenters. The average Bonchev–Trinajstić information content (AvgIpc) is 2.72. The van der Waals surface area contributed by atoms with E-state index in [0.29, 0.717) is 18.9 Å². The lowest BCUT2D eigenvalue weighted by Crippen LogP contribution is -2.32. The molecule has 1 heterocycles. The van der Waals surface area contributed by atoms with Crippen LogP contribution in [0.5, 0.6) is 0 Å². The van der Waals surface area contributed by atoms with Gasteiger partial charge in [0.1, 0.15) is 12.9 Å². The van der Waals surface area contributed by atoms with E-state index in [9.17, 15) is 4.79 Å². The number of rotatable bonds is 8. The number of carbonyl (C=O) groups excluding carboxylic acids is 1. The average molecular weight is 255 g/mol. The highest BCUT2D eigenvalue weighted by Crippen LogP contribution is 2.09. The van der Waals surface area contributed by atoms with Crippen LogP contribution in [0.3, 0.4) is 0 Å². The topological polar surface area (TPSA) is 106 Å². The SMILES string of the molecule is CCCC(CCO)CNC(=O)Cn1cnc(N)n1. The molecule has 0 aliphatic heterocycles. The van der Waals surface area contributed by atoms with E-state index in [2.05, 4.69) is 22.3 Å². The monoisotopic (exact) mass is 255 g/mol. The third-order valence-electron chi connectivity index (χ3n) is 2.68. The maximum Gasteiger partial charge on any atom is 0.241 e. The van der Waals surface area contributed by atoms with Crippen molar-refractivity contribution in [3.05, 3.63) is 6.33 Å². The summed E-state index contributed by atoms with van der Waals surface area (Å²) < 4.78 is 1.39. The molecule has 0 aromatic carbocycles. The number of anilines is 1. The molecule has 0 saturated carbocycles. The summed E-state index contributed by atoms with van der Waals surface area (Å²) in [6, 6.07) is 0. The van der Waals surface area contributed by atoms with Gasteiger partial charge in [0.15, 0.2) is 0 Å². The molecule has 18 heavy (non-hydrogen) atoms. The van der Waals surface area contributed by atoms with Crippen LogP contribution < -0.4 is 11.1 Å². The molecule has 1 rings (SSSR count). The predicted molar refractivity (Wildman–Crippen MR) is 67.5 cm³/mol. The number of nitrogens with two attached hydrogens (primary N) is 1. The third-order valence-corrected chi connectivity index (χ3v) is 2.68. The van der Waals surface area contributed by atoms with E-state index in [0.717, 1.165) is 12.8 Å². The van der Waals surface area contributed by atoms with E-state index in [4.69, 9.17) is 10.8 Å². The fourth-order valence-corrected chi connectivity index (χ4v) is 1.79. The lowest BCUT2D eigenvalue weighted by molar-refractivity contribution is -0.122. The second kappa shape index (κ2) is 7.65. The molecule has 1 amide bonds. The summed E-state index contributed by atoms with van der Waals surface area (Å²) in [7, 11) is 0. The van der Waals surface area contributed by atoms with Crippen LogP contribution in [0.1, 0.15) is 26.2 Å². The minimum Gasteiger partial charge on any atom is -0.396 e. The molecule has 7 nitrogen and oxygen atoms in total. The summed E-state index contributed by atoms with van der Waals surface area (Å²) in [5.74, 6) is 0.357. The number of nitrogens with zero attached hydrogens (tertiary/aromatic N) is 3. The van der Waals surface area contributed by atoms with E-state index < -0.39 is 0 Å². The zero-order valence-corrected chi connectivity index (χ0v) is 10.7. The van der Waals surface area contributed by atoms with Crippen LogP contribution >= 0.6 is 0 Å². The summed E-state index contributed by atoms with van der Waals surface area (Å²) in [5, 5.41) is 15.6. The largest absolute Gasteiger partial charge is 0.396 e. The van der Waals surface area contributed by atoms with Crippen LogP contribution in [-0.2, 0) is 11.3 Å². The maximum absolute atomic E-state index is 11.6. The van der Waals surface area contributed by atoms with Crippen molar-refractivity contribution in [2.45, 2.75) is 32.7 Å². The number of aliphatic hydroxyl groups is 1. The smallest absolute Gasteiger partial charge is 0.241 e. The van der Waals surface area contributed by atoms with Crippen LogP contribution in [0.2, 0.25) is 0 Å². The lowest BCUT2D eigenvalue weighted by Gasteiger charge is -2.15. The molecule has 7 heteroatoms. The minimum atomic E-state index is -0.126. The van der Waals surface area contributed by atoms with E-state index in [1.165, 1.54) is 11.0 Å². The van der Waals surface area contributed by atoms with Crippen LogP contribution in [0.4, 0.5) is 5.95 Å². The lowest BCUT2D eigenvalue weighted by atomic mass is 10.0. The fraction of sp³-hybridized carbons (Fsp3) is 0.727. The van der Waals surface area contributed by atoms with Crippen molar-refractivity contribution in [3.63, 3.8) is 0 Å². The molecular formula is C11H21N5O2. The second-order valence-electron chi connectivity index (χ2n) is 4.27. The normalized spacial score (nSPS) is 12.3. The van der Waals surface area contributed by atoms with Crippen molar-refractivity contribution >= 4 is 11.9 Å². The van der Waals surface area contributed by atoms with Crippen molar-refractivity contribution in [1.82, 2.24) is 20.1 Å². The maximum atomic E-state index is 11.6. The van der Waals surface area contributed by atoms with E-state index in [1.807, 2.05) is 0 Å². The van der Waals surface area contributed by atoms with Crippen molar-refractivity contribution in [3.8, 4) is 0 Å². The van der Waals surface area contributed by atoms with Crippen LogP contribution in [0.25, 0.3) is 0 Å². The van der Waals surface area contributed by atoms with Crippen LogP contribution in [0.15, 0.2) is 6.33 Å². The second-order valence-corrected chi connectivity index (χ2v) is 4.27. The number of nitrogen functional groups attached to an aromatic ring is 1. The third kappa shape index (κ3) is 5.13. The summed E-state index contributed by atoms with van der Waals surface area (Å²) in [6.07, 6.45) is 4.17. The Balaban J connectivity index is 2.30. The van der Waals surface area contributed by atoms with Crippen molar-refractivity contribution in [2.75, 3.05) is 18.9 Å². The summed E-state index contributed by atoms with van der Waals surface area (Å²) in [6.45, 7) is 2.93. The van der Waals surface area contributed by atoms with Gasteiger partial charge in [-0.1, -0.05) is 13.3 Å². The zero-order valence-electron chi connectivity index (χ0n) is 10.7. The Morgan fingerprint density at radius 3 is 2.94 bits per heavy atom. The predicted octanol–water partition coefficient (Wildman–Crippen LogP) is -0.225. The molecule has 0 aliphatic rings. The Morgan fingerprint density at radius 1 is 1.61 bits per heavy atom. The molecule has 0 bridgehead atoms. The number of carbonyl (C=O) groups is 1. The summed E-state index contributed by atoms with van der Waals surface area (Å²) >= 11 is 0. The molecule has 0 aliphatic carbocycles. The molecule has 0 fully saturated rings. The Bertz CT molecular complexity index is 360. The zero-order chi connectivity index (χ0) is 13.4. The van der Waals surface area contributed by atoms with Gasteiger partial charge in [-0.05, 0) is 18.8 Å². The molecule has 1 atom stereocenters. The van der Waals surface area contributed by atoms with E-state index >= 15 is 0 Å². The van der Waals surface area contributed by atoms with Gasteiger partial charge in [0.2, 0.25) is 11.9 Å². The molecule has 0 spiro atoms. The molecule has 0 saturated heterocycles. The van der Waals surface area contributed by atoms with Crippen molar-refractivity contribution < 1.29 is 9.90 Å². The number of amides is 1. The van der Waals surface area contributed by atoms with E-state index in [1.54, 1.807) is 0 Å². The summed E-state index contributed by atoms with van der Waals surface area (Å²) in [5.41, 5.74) is 5.35. The van der Waals surface area contributed by atoms with Gasteiger partial charge < -0.3 is 16.2 Å². The molecular weight excluding hydrogens is 234 g/mol. The van der Waals surface area contributed by atoms with Crippen LogP contribution in [0, 0.1) is 5.92 Å². The van der Waals surface area contributed by atoms with Gasteiger partial charge in [-0.15, -0.1) is 5.10 Å². The highest BCUT2D eigenvalue weighted by Gasteiger charge is 2.10. The number of aliphatic hydroxyl groups excluding tert-OH is 1. The van der Waals surface area contributed by atoms with E-state index in [-0.39, 0.29) is 25.0 Å². The Kier molecular flexibility index (Phi) is 6.13. The van der Waals surface area contributed by atoms with Gasteiger partial charge in [0.25, 0.3) is 0 Å². The molecule has 102 valence electrons. The number of aromatic nitrogens is 3.